The molecule has 0 saturated heterocycles. The van der Waals surface area contributed by atoms with E-state index < -0.39 is 0 Å². The molecule has 4 heteroatoms. The van der Waals surface area contributed by atoms with E-state index in [0.29, 0.717) is 12.5 Å². The lowest BCUT2D eigenvalue weighted by Gasteiger charge is -2.28. The van der Waals surface area contributed by atoms with Crippen molar-refractivity contribution in [2.24, 2.45) is 5.92 Å². The van der Waals surface area contributed by atoms with Crippen molar-refractivity contribution in [3.63, 3.8) is 0 Å². The van der Waals surface area contributed by atoms with Crippen molar-refractivity contribution >= 4 is 18.3 Å². The molecule has 0 unspecified atom stereocenters. The lowest BCUT2D eigenvalue weighted by atomic mass is 9.83. The van der Waals surface area contributed by atoms with E-state index in [4.69, 9.17) is 0 Å². The van der Waals surface area contributed by atoms with E-state index in [1.54, 1.807) is 0 Å². The SMILES string of the molecule is CCCC1CCC(NC(=O)CCNC)CC1.Cl. The molecule has 0 radical (unpaired) electrons. The molecule has 1 amide bonds. The van der Waals surface area contributed by atoms with Crippen molar-refractivity contribution in [1.82, 2.24) is 10.6 Å². The van der Waals surface area contributed by atoms with Crippen LogP contribution < -0.4 is 10.6 Å². The molecule has 0 aromatic rings. The molecule has 0 aromatic carbocycles. The lowest BCUT2D eigenvalue weighted by Crippen LogP contribution is -2.38. The van der Waals surface area contributed by atoms with Gasteiger partial charge in [0.05, 0.1) is 0 Å². The maximum absolute atomic E-state index is 11.5. The van der Waals surface area contributed by atoms with Gasteiger partial charge in [0.2, 0.25) is 5.91 Å². The summed E-state index contributed by atoms with van der Waals surface area (Å²) in [6.07, 6.45) is 8.21. The predicted octanol–water partition coefficient (Wildman–Crippen LogP) is 2.49. The molecule has 1 fully saturated rings. The van der Waals surface area contributed by atoms with Crippen molar-refractivity contribution in [3.05, 3.63) is 0 Å². The van der Waals surface area contributed by atoms with Gasteiger partial charge < -0.3 is 10.6 Å². The number of hydrogen-bond acceptors (Lipinski definition) is 2. The Morgan fingerprint density at radius 1 is 1.24 bits per heavy atom. The van der Waals surface area contributed by atoms with E-state index in [1.807, 2.05) is 7.05 Å². The van der Waals surface area contributed by atoms with Crippen LogP contribution in [-0.2, 0) is 4.79 Å². The van der Waals surface area contributed by atoms with Crippen LogP contribution in [0.15, 0.2) is 0 Å². The number of carbonyl (C=O) groups is 1. The van der Waals surface area contributed by atoms with Crippen LogP contribution in [0.4, 0.5) is 0 Å². The number of halogens is 1. The molecule has 1 aliphatic rings. The van der Waals surface area contributed by atoms with Crippen molar-refractivity contribution in [1.29, 1.82) is 0 Å². The van der Waals surface area contributed by atoms with Gasteiger partial charge in [-0.3, -0.25) is 4.79 Å². The summed E-state index contributed by atoms with van der Waals surface area (Å²) in [7, 11) is 1.88. The molecule has 1 aliphatic carbocycles. The van der Waals surface area contributed by atoms with Gasteiger partial charge in [-0.05, 0) is 38.6 Å². The summed E-state index contributed by atoms with van der Waals surface area (Å²) >= 11 is 0. The summed E-state index contributed by atoms with van der Waals surface area (Å²) in [6.45, 7) is 3.03. The van der Waals surface area contributed by atoms with E-state index in [0.717, 1.165) is 12.5 Å². The van der Waals surface area contributed by atoms with Crippen molar-refractivity contribution < 1.29 is 4.79 Å². The monoisotopic (exact) mass is 262 g/mol. The maximum atomic E-state index is 11.5. The highest BCUT2D eigenvalue weighted by Gasteiger charge is 2.21. The molecule has 0 bridgehead atoms. The first kappa shape index (κ1) is 16.7. The highest BCUT2D eigenvalue weighted by atomic mass is 35.5. The van der Waals surface area contributed by atoms with E-state index in [2.05, 4.69) is 17.6 Å². The minimum atomic E-state index is 0. The summed E-state index contributed by atoms with van der Waals surface area (Å²) in [4.78, 5) is 11.5. The van der Waals surface area contributed by atoms with Crippen LogP contribution in [0.2, 0.25) is 0 Å². The second-order valence-electron chi connectivity index (χ2n) is 4.93. The third kappa shape index (κ3) is 6.89. The maximum Gasteiger partial charge on any atom is 0.221 e. The van der Waals surface area contributed by atoms with Crippen LogP contribution in [0, 0.1) is 5.92 Å². The van der Waals surface area contributed by atoms with E-state index in [1.165, 1.54) is 38.5 Å². The molecule has 0 aromatic heterocycles. The fourth-order valence-corrected chi connectivity index (χ4v) is 2.54. The second kappa shape index (κ2) is 9.72. The number of hydrogen-bond donors (Lipinski definition) is 2. The minimum absolute atomic E-state index is 0. The number of amides is 1. The smallest absolute Gasteiger partial charge is 0.221 e. The standard InChI is InChI=1S/C13H26N2O.ClH/c1-3-4-11-5-7-12(8-6-11)15-13(16)9-10-14-2;/h11-12,14H,3-10H2,1-2H3,(H,15,16);1H. The highest BCUT2D eigenvalue weighted by Crippen LogP contribution is 2.27. The van der Waals surface area contributed by atoms with E-state index >= 15 is 0 Å². The molecule has 2 N–H and O–H groups in total. The van der Waals surface area contributed by atoms with Gasteiger partial charge in [-0.15, -0.1) is 12.4 Å². The van der Waals surface area contributed by atoms with Gasteiger partial charge in [0.1, 0.15) is 0 Å². The van der Waals surface area contributed by atoms with Gasteiger partial charge in [0.15, 0.2) is 0 Å². The predicted molar refractivity (Wildman–Crippen MR) is 74.6 cm³/mol. The zero-order valence-electron chi connectivity index (χ0n) is 11.1. The lowest BCUT2D eigenvalue weighted by molar-refractivity contribution is -0.121. The molecule has 0 spiro atoms. The molecule has 17 heavy (non-hydrogen) atoms. The normalized spacial score (nSPS) is 23.9. The summed E-state index contributed by atoms with van der Waals surface area (Å²) in [6, 6.07) is 0.442. The van der Waals surface area contributed by atoms with Gasteiger partial charge in [-0.25, -0.2) is 0 Å². The van der Waals surface area contributed by atoms with Gasteiger partial charge in [-0.2, -0.15) is 0 Å². The first-order valence-electron chi connectivity index (χ1n) is 6.70. The van der Waals surface area contributed by atoms with Crippen molar-refractivity contribution in [3.8, 4) is 0 Å². The third-order valence-electron chi connectivity index (χ3n) is 3.51. The molecule has 1 saturated carbocycles. The van der Waals surface area contributed by atoms with E-state index in [9.17, 15) is 4.79 Å². The molecule has 0 aliphatic heterocycles. The molecular weight excluding hydrogens is 236 g/mol. The average Bonchev–Trinajstić information content (AvgIpc) is 2.29. The Balaban J connectivity index is 0.00000256. The topological polar surface area (TPSA) is 41.1 Å². The van der Waals surface area contributed by atoms with Crippen LogP contribution in [0.25, 0.3) is 0 Å². The zero-order chi connectivity index (χ0) is 11.8. The van der Waals surface area contributed by atoms with Gasteiger partial charge in [0, 0.05) is 19.0 Å². The molecule has 0 atom stereocenters. The molecular formula is C13H27ClN2O. The molecule has 0 heterocycles. The average molecular weight is 263 g/mol. The van der Waals surface area contributed by atoms with Crippen LogP contribution in [0.5, 0.6) is 0 Å². The van der Waals surface area contributed by atoms with Crippen molar-refractivity contribution in [2.45, 2.75) is 57.9 Å². The fourth-order valence-electron chi connectivity index (χ4n) is 2.54. The Morgan fingerprint density at radius 3 is 2.41 bits per heavy atom. The second-order valence-corrected chi connectivity index (χ2v) is 4.93. The van der Waals surface area contributed by atoms with Crippen LogP contribution in [0.3, 0.4) is 0 Å². The molecule has 102 valence electrons. The summed E-state index contributed by atoms with van der Waals surface area (Å²) in [5.41, 5.74) is 0. The van der Waals surface area contributed by atoms with Gasteiger partial charge in [0.25, 0.3) is 0 Å². The zero-order valence-corrected chi connectivity index (χ0v) is 11.9. The number of nitrogens with one attached hydrogen (secondary N) is 2. The highest BCUT2D eigenvalue weighted by molar-refractivity contribution is 5.85. The Morgan fingerprint density at radius 2 is 1.88 bits per heavy atom. The Bertz CT molecular complexity index is 204. The van der Waals surface area contributed by atoms with Gasteiger partial charge in [-0.1, -0.05) is 19.8 Å². The quantitative estimate of drug-likeness (QED) is 0.772. The molecule has 3 nitrogen and oxygen atoms in total. The summed E-state index contributed by atoms with van der Waals surface area (Å²) in [5, 5.41) is 6.14. The Labute approximate surface area is 112 Å². The fraction of sp³-hybridized carbons (Fsp3) is 0.923. The Kier molecular flexibility index (Phi) is 9.56. The third-order valence-corrected chi connectivity index (χ3v) is 3.51. The number of carbonyl (C=O) groups excluding carboxylic acids is 1. The Hall–Kier alpha value is -0.280. The summed E-state index contributed by atoms with van der Waals surface area (Å²) < 4.78 is 0. The van der Waals surface area contributed by atoms with E-state index in [-0.39, 0.29) is 18.3 Å². The van der Waals surface area contributed by atoms with Crippen LogP contribution in [-0.4, -0.2) is 25.5 Å². The van der Waals surface area contributed by atoms with Crippen molar-refractivity contribution in [2.75, 3.05) is 13.6 Å². The van der Waals surface area contributed by atoms with Gasteiger partial charge >= 0.3 is 0 Å². The largest absolute Gasteiger partial charge is 0.353 e. The minimum Gasteiger partial charge on any atom is -0.353 e. The first-order chi connectivity index (χ1) is 7.76. The molecule has 1 rings (SSSR count). The summed E-state index contributed by atoms with van der Waals surface area (Å²) in [5.74, 6) is 1.11. The number of rotatable bonds is 6. The van der Waals surface area contributed by atoms with Crippen LogP contribution >= 0.6 is 12.4 Å². The van der Waals surface area contributed by atoms with Crippen LogP contribution in [0.1, 0.15) is 51.9 Å². The first-order valence-corrected chi connectivity index (χ1v) is 6.70.